The summed E-state index contributed by atoms with van der Waals surface area (Å²) < 4.78 is 12.9. The molecule has 0 saturated heterocycles. The molecule has 0 heterocycles. The van der Waals surface area contributed by atoms with Gasteiger partial charge in [0.2, 0.25) is 0 Å². The Morgan fingerprint density at radius 2 is 2.07 bits per heavy atom. The van der Waals surface area contributed by atoms with Gasteiger partial charge in [0.15, 0.2) is 5.50 Å². The van der Waals surface area contributed by atoms with E-state index in [1.165, 1.54) is 7.05 Å². The number of halogens is 1. The van der Waals surface area contributed by atoms with E-state index in [0.29, 0.717) is 0 Å². The van der Waals surface area contributed by atoms with E-state index in [2.05, 4.69) is 27.9 Å². The number of oxime groups is 1. The van der Waals surface area contributed by atoms with Crippen molar-refractivity contribution in [3.8, 4) is 0 Å². The van der Waals surface area contributed by atoms with Crippen molar-refractivity contribution in [2.75, 3.05) is 7.05 Å². The number of carbonyl (C=O) groups excluding carboxylic acids is 1. The first-order chi connectivity index (χ1) is 6.29. The molecule has 0 aliphatic carbocycles. The van der Waals surface area contributed by atoms with Gasteiger partial charge in [0.1, 0.15) is 5.71 Å². The molecule has 6 heteroatoms. The lowest BCUT2D eigenvalue weighted by molar-refractivity contribution is 0.151. The number of hydrogen-bond acceptors (Lipinski definition) is 4. The van der Waals surface area contributed by atoms with Gasteiger partial charge in [-0.15, -0.1) is 12.6 Å². The van der Waals surface area contributed by atoms with E-state index < -0.39 is 17.0 Å². The predicted molar refractivity (Wildman–Crippen MR) is 56.3 cm³/mol. The van der Waals surface area contributed by atoms with Crippen molar-refractivity contribution in [3.63, 3.8) is 0 Å². The normalized spacial score (nSPS) is 14.9. The molecule has 14 heavy (non-hydrogen) atoms. The number of hydrogen-bond donors (Lipinski definition) is 2. The van der Waals surface area contributed by atoms with Crippen LogP contribution in [0.2, 0.25) is 0 Å². The molecule has 0 aliphatic rings. The van der Waals surface area contributed by atoms with Crippen molar-refractivity contribution in [1.29, 1.82) is 0 Å². The van der Waals surface area contributed by atoms with Gasteiger partial charge in [0.05, 0.1) is 0 Å². The number of rotatable bonds is 2. The van der Waals surface area contributed by atoms with Crippen molar-refractivity contribution in [2.45, 2.75) is 26.3 Å². The van der Waals surface area contributed by atoms with Gasteiger partial charge in [-0.1, -0.05) is 25.9 Å². The molecule has 0 saturated carbocycles. The van der Waals surface area contributed by atoms with Gasteiger partial charge in [-0.05, 0) is 0 Å². The highest BCUT2D eigenvalue weighted by molar-refractivity contribution is 7.81. The van der Waals surface area contributed by atoms with Gasteiger partial charge in [0.25, 0.3) is 0 Å². The SMILES string of the molecule is CNC(=O)ON=C(C(F)S)C(C)(C)C. The molecule has 0 aromatic rings. The lowest BCUT2D eigenvalue weighted by atomic mass is 9.91. The average molecular weight is 222 g/mol. The second-order valence-corrected chi connectivity index (χ2v) is 4.14. The number of carbonyl (C=O) groups is 1. The van der Waals surface area contributed by atoms with Crippen LogP contribution in [-0.2, 0) is 4.84 Å². The molecule has 0 aromatic heterocycles. The minimum absolute atomic E-state index is 0.0735. The second-order valence-electron chi connectivity index (χ2n) is 3.69. The van der Waals surface area contributed by atoms with Crippen LogP contribution < -0.4 is 5.32 Å². The molecule has 0 radical (unpaired) electrons. The fraction of sp³-hybridized carbons (Fsp3) is 0.750. The lowest BCUT2D eigenvalue weighted by Gasteiger charge is -2.20. The molecular weight excluding hydrogens is 207 g/mol. The van der Waals surface area contributed by atoms with Gasteiger partial charge in [-0.25, -0.2) is 9.18 Å². The summed E-state index contributed by atoms with van der Waals surface area (Å²) in [6, 6.07) is 0. The van der Waals surface area contributed by atoms with Gasteiger partial charge in [-0.3, -0.25) is 4.84 Å². The molecule has 4 nitrogen and oxygen atoms in total. The fourth-order valence-corrected chi connectivity index (χ4v) is 1.11. The third kappa shape index (κ3) is 4.45. The summed E-state index contributed by atoms with van der Waals surface area (Å²) in [7, 11) is 1.39. The summed E-state index contributed by atoms with van der Waals surface area (Å²) in [6.45, 7) is 5.26. The van der Waals surface area contributed by atoms with Crippen LogP contribution in [0.1, 0.15) is 20.8 Å². The van der Waals surface area contributed by atoms with Crippen molar-refractivity contribution in [3.05, 3.63) is 0 Å². The van der Waals surface area contributed by atoms with Crippen LogP contribution in [0.25, 0.3) is 0 Å². The van der Waals surface area contributed by atoms with E-state index in [1.54, 1.807) is 20.8 Å². The zero-order valence-electron chi connectivity index (χ0n) is 8.67. The van der Waals surface area contributed by atoms with E-state index in [1.807, 2.05) is 0 Å². The molecule has 0 spiro atoms. The maximum atomic E-state index is 12.9. The maximum absolute atomic E-state index is 12.9. The summed E-state index contributed by atoms with van der Waals surface area (Å²) in [5.74, 6) is 0. The summed E-state index contributed by atoms with van der Waals surface area (Å²) >= 11 is 3.61. The molecule has 0 fully saturated rings. The maximum Gasteiger partial charge on any atom is 0.433 e. The first kappa shape index (κ1) is 13.2. The van der Waals surface area contributed by atoms with Crippen LogP contribution in [0.15, 0.2) is 5.16 Å². The molecule has 0 bridgehead atoms. The third-order valence-corrected chi connectivity index (χ3v) is 1.67. The highest BCUT2D eigenvalue weighted by atomic mass is 32.1. The van der Waals surface area contributed by atoms with E-state index >= 15 is 0 Å². The third-order valence-electron chi connectivity index (χ3n) is 1.43. The number of alkyl halides is 1. The zero-order valence-corrected chi connectivity index (χ0v) is 9.56. The lowest BCUT2D eigenvalue weighted by Crippen LogP contribution is -2.28. The van der Waals surface area contributed by atoms with Crippen LogP contribution >= 0.6 is 12.6 Å². The van der Waals surface area contributed by atoms with Crippen molar-refractivity contribution >= 4 is 24.4 Å². The average Bonchev–Trinajstić information content (AvgIpc) is 2.01. The molecule has 1 atom stereocenters. The highest BCUT2D eigenvalue weighted by Gasteiger charge is 2.26. The molecule has 1 N–H and O–H groups in total. The van der Waals surface area contributed by atoms with Gasteiger partial charge in [0, 0.05) is 12.5 Å². The summed E-state index contributed by atoms with van der Waals surface area (Å²) in [5, 5.41) is 5.61. The topological polar surface area (TPSA) is 50.7 Å². The fourth-order valence-electron chi connectivity index (χ4n) is 0.674. The Morgan fingerprint density at radius 3 is 2.36 bits per heavy atom. The minimum atomic E-state index is -1.54. The Hall–Kier alpha value is -0.780. The van der Waals surface area contributed by atoms with Gasteiger partial charge < -0.3 is 5.32 Å². The Bertz CT molecular complexity index is 236. The van der Waals surface area contributed by atoms with E-state index in [9.17, 15) is 9.18 Å². The Morgan fingerprint density at radius 1 is 1.57 bits per heavy atom. The number of nitrogens with zero attached hydrogens (tertiary/aromatic N) is 1. The molecule has 1 amide bonds. The van der Waals surface area contributed by atoms with Crippen LogP contribution in [0, 0.1) is 5.41 Å². The molecule has 0 aliphatic heterocycles. The van der Waals surface area contributed by atoms with Crippen LogP contribution in [0.4, 0.5) is 9.18 Å². The molecular formula is C8H15FN2O2S. The number of amides is 1. The largest absolute Gasteiger partial charge is 0.433 e. The van der Waals surface area contributed by atoms with Crippen molar-refractivity contribution < 1.29 is 14.0 Å². The van der Waals surface area contributed by atoms with Gasteiger partial charge >= 0.3 is 6.09 Å². The molecule has 1 unspecified atom stereocenters. The first-order valence-corrected chi connectivity index (χ1v) is 4.60. The summed E-state index contributed by atoms with van der Waals surface area (Å²) in [6.07, 6.45) is -0.735. The number of nitrogens with one attached hydrogen (secondary N) is 1. The van der Waals surface area contributed by atoms with E-state index in [4.69, 9.17) is 0 Å². The Balaban J connectivity index is 4.59. The Labute approximate surface area is 88.3 Å². The standard InChI is InChI=1S/C8H15FN2O2S/c1-8(2,3)5(6(9)14)11-13-7(12)10-4/h6,14H,1-4H3,(H,10,12). The minimum Gasteiger partial charge on any atom is -0.323 e. The summed E-state index contributed by atoms with van der Waals surface area (Å²) in [5.41, 5.74) is -2.00. The highest BCUT2D eigenvalue weighted by Crippen LogP contribution is 2.22. The smallest absolute Gasteiger partial charge is 0.323 e. The predicted octanol–water partition coefficient (Wildman–Crippen LogP) is 1.97. The van der Waals surface area contributed by atoms with Crippen LogP contribution in [-0.4, -0.2) is 24.4 Å². The zero-order chi connectivity index (χ0) is 11.4. The first-order valence-electron chi connectivity index (χ1n) is 4.08. The monoisotopic (exact) mass is 222 g/mol. The Kier molecular flexibility index (Phi) is 4.90. The van der Waals surface area contributed by atoms with E-state index in [0.717, 1.165) is 0 Å². The molecule has 82 valence electrons. The van der Waals surface area contributed by atoms with Crippen LogP contribution in [0.3, 0.4) is 0 Å². The van der Waals surface area contributed by atoms with Crippen LogP contribution in [0.5, 0.6) is 0 Å². The van der Waals surface area contributed by atoms with Crippen molar-refractivity contribution in [2.24, 2.45) is 10.6 Å². The number of thiol groups is 1. The quantitative estimate of drug-likeness (QED) is 0.325. The van der Waals surface area contributed by atoms with E-state index in [-0.39, 0.29) is 5.71 Å². The van der Waals surface area contributed by atoms with Gasteiger partial charge in [-0.2, -0.15) is 0 Å². The molecule has 0 aromatic carbocycles. The molecule has 0 rings (SSSR count). The van der Waals surface area contributed by atoms with Crippen molar-refractivity contribution in [1.82, 2.24) is 5.32 Å². The summed E-state index contributed by atoms with van der Waals surface area (Å²) in [4.78, 5) is 15.1. The second kappa shape index (κ2) is 5.19.